The van der Waals surface area contributed by atoms with E-state index in [0.29, 0.717) is 11.3 Å². The first-order valence-electron chi connectivity index (χ1n) is 9.28. The number of carbonyl (C=O) groups is 4. The molecule has 1 fully saturated rings. The number of carbonyl (C=O) groups excluding carboxylic acids is 4. The Morgan fingerprint density at radius 2 is 1.62 bits per heavy atom. The van der Waals surface area contributed by atoms with Crippen molar-refractivity contribution in [2.24, 2.45) is 0 Å². The normalized spacial score (nSPS) is 16.1. The summed E-state index contributed by atoms with van der Waals surface area (Å²) in [6.45, 7) is 5.80. The topological polar surface area (TPSA) is 96.5 Å². The number of nitrogens with zero attached hydrogens (tertiary/aromatic N) is 3. The summed E-state index contributed by atoms with van der Waals surface area (Å²) in [7, 11) is 2.69. The molecule has 9 heteroatoms. The van der Waals surface area contributed by atoms with E-state index < -0.39 is 29.6 Å². The second kappa shape index (κ2) is 8.93. The first-order chi connectivity index (χ1) is 13.5. The summed E-state index contributed by atoms with van der Waals surface area (Å²) in [6, 6.07) is 5.76. The third-order valence-electron chi connectivity index (χ3n) is 4.33. The molecule has 1 aromatic rings. The van der Waals surface area contributed by atoms with Gasteiger partial charge in [0.25, 0.3) is 0 Å². The number of methoxy groups -OCH3 is 1. The van der Waals surface area contributed by atoms with Crippen LogP contribution >= 0.6 is 0 Å². The highest BCUT2D eigenvalue weighted by molar-refractivity contribution is 6.03. The Balaban J connectivity index is 2.28. The Kier molecular flexibility index (Phi) is 6.84. The lowest BCUT2D eigenvalue weighted by atomic mass is 10.2. The number of urea groups is 1. The van der Waals surface area contributed by atoms with E-state index in [0.717, 1.165) is 4.90 Å². The molecule has 1 aliphatic rings. The van der Waals surface area contributed by atoms with Crippen LogP contribution in [0.1, 0.15) is 37.6 Å². The zero-order valence-electron chi connectivity index (χ0n) is 17.4. The van der Waals surface area contributed by atoms with Crippen LogP contribution in [-0.2, 0) is 14.3 Å². The smallest absolute Gasteiger partial charge is 0.410 e. The van der Waals surface area contributed by atoms with Gasteiger partial charge in [-0.2, -0.15) is 0 Å². The zero-order chi connectivity index (χ0) is 21.8. The number of hydrogen-bond donors (Lipinski definition) is 0. The van der Waals surface area contributed by atoms with Gasteiger partial charge in [-0.3, -0.25) is 14.6 Å². The van der Waals surface area contributed by atoms with Gasteiger partial charge in [-0.25, -0.2) is 14.4 Å². The highest BCUT2D eigenvalue weighted by atomic mass is 16.6. The van der Waals surface area contributed by atoms with Gasteiger partial charge >= 0.3 is 18.1 Å². The minimum Gasteiger partial charge on any atom is -0.465 e. The van der Waals surface area contributed by atoms with Crippen molar-refractivity contribution >= 4 is 29.7 Å². The molecule has 0 unspecified atom stereocenters. The van der Waals surface area contributed by atoms with Crippen molar-refractivity contribution in [3.8, 4) is 0 Å². The molecule has 2 rings (SSSR count). The fourth-order valence-electron chi connectivity index (χ4n) is 2.76. The van der Waals surface area contributed by atoms with Crippen LogP contribution in [0, 0.1) is 0 Å². The van der Waals surface area contributed by atoms with E-state index in [-0.39, 0.29) is 26.1 Å². The number of anilines is 1. The van der Waals surface area contributed by atoms with Gasteiger partial charge in [0, 0.05) is 38.8 Å². The average Bonchev–Trinajstić information content (AvgIpc) is 2.71. The SMILES string of the molecule is COC(=O)c1ccc(N2CCN(C(=O)OC(C)(C)C)CCC(=O)N(C)C2=O)cc1. The molecule has 4 amide bonds. The predicted octanol–water partition coefficient (Wildman–Crippen LogP) is 2.50. The van der Waals surface area contributed by atoms with Gasteiger partial charge in [-0.1, -0.05) is 0 Å². The third-order valence-corrected chi connectivity index (χ3v) is 4.33. The Labute approximate surface area is 170 Å². The highest BCUT2D eigenvalue weighted by Crippen LogP contribution is 2.20. The predicted molar refractivity (Wildman–Crippen MR) is 106 cm³/mol. The fourth-order valence-corrected chi connectivity index (χ4v) is 2.76. The van der Waals surface area contributed by atoms with Crippen LogP contribution in [0.5, 0.6) is 0 Å². The largest absolute Gasteiger partial charge is 0.465 e. The van der Waals surface area contributed by atoms with E-state index in [4.69, 9.17) is 4.74 Å². The molecule has 0 aromatic heterocycles. The molecule has 1 aromatic carbocycles. The van der Waals surface area contributed by atoms with E-state index in [2.05, 4.69) is 4.74 Å². The summed E-state index contributed by atoms with van der Waals surface area (Å²) in [5.74, 6) is -0.891. The lowest BCUT2D eigenvalue weighted by Crippen LogP contribution is -2.45. The van der Waals surface area contributed by atoms with Crippen LogP contribution in [0.25, 0.3) is 0 Å². The number of amides is 4. The minimum absolute atomic E-state index is 0.0105. The van der Waals surface area contributed by atoms with E-state index in [1.54, 1.807) is 32.9 Å². The number of imide groups is 1. The fraction of sp³-hybridized carbons (Fsp3) is 0.500. The van der Waals surface area contributed by atoms with Crippen molar-refractivity contribution in [2.45, 2.75) is 32.8 Å². The second-order valence-electron chi connectivity index (χ2n) is 7.64. The maximum atomic E-state index is 12.8. The molecule has 1 saturated heterocycles. The summed E-state index contributed by atoms with van der Waals surface area (Å²) >= 11 is 0. The summed E-state index contributed by atoms with van der Waals surface area (Å²) in [5.41, 5.74) is 0.163. The zero-order valence-corrected chi connectivity index (χ0v) is 17.4. The molecular formula is C20H27N3O6. The van der Waals surface area contributed by atoms with Crippen molar-refractivity contribution in [1.29, 1.82) is 0 Å². The summed E-state index contributed by atoms with van der Waals surface area (Å²) in [5, 5.41) is 0. The summed E-state index contributed by atoms with van der Waals surface area (Å²) in [6.07, 6.45) is -0.528. The van der Waals surface area contributed by atoms with Crippen molar-refractivity contribution in [2.75, 3.05) is 38.7 Å². The Morgan fingerprint density at radius 1 is 1.00 bits per heavy atom. The maximum Gasteiger partial charge on any atom is 0.410 e. The molecule has 0 bridgehead atoms. The summed E-state index contributed by atoms with van der Waals surface area (Å²) < 4.78 is 10.1. The molecule has 0 aliphatic carbocycles. The molecule has 0 spiro atoms. The monoisotopic (exact) mass is 405 g/mol. The Morgan fingerprint density at radius 3 is 2.17 bits per heavy atom. The van der Waals surface area contributed by atoms with Crippen LogP contribution in [0.4, 0.5) is 15.3 Å². The van der Waals surface area contributed by atoms with Gasteiger partial charge in [0.2, 0.25) is 5.91 Å². The Bertz CT molecular complexity index is 784. The molecule has 29 heavy (non-hydrogen) atoms. The number of ether oxygens (including phenoxy) is 2. The molecule has 0 N–H and O–H groups in total. The lowest BCUT2D eigenvalue weighted by molar-refractivity contribution is -0.127. The van der Waals surface area contributed by atoms with Crippen LogP contribution in [0.15, 0.2) is 24.3 Å². The first kappa shape index (κ1) is 22.2. The molecule has 158 valence electrons. The molecule has 0 saturated carbocycles. The lowest BCUT2D eigenvalue weighted by Gasteiger charge is -2.29. The van der Waals surface area contributed by atoms with Crippen LogP contribution in [0.2, 0.25) is 0 Å². The van der Waals surface area contributed by atoms with Crippen LogP contribution in [-0.4, -0.2) is 73.2 Å². The van der Waals surface area contributed by atoms with Crippen molar-refractivity contribution in [3.05, 3.63) is 29.8 Å². The Hall–Kier alpha value is -3.10. The second-order valence-corrected chi connectivity index (χ2v) is 7.64. The molecule has 1 aliphatic heterocycles. The summed E-state index contributed by atoms with van der Waals surface area (Å²) in [4.78, 5) is 53.2. The minimum atomic E-state index is -0.671. The molecular weight excluding hydrogens is 378 g/mol. The van der Waals surface area contributed by atoms with E-state index >= 15 is 0 Å². The van der Waals surface area contributed by atoms with Gasteiger partial charge in [-0.05, 0) is 45.0 Å². The highest BCUT2D eigenvalue weighted by Gasteiger charge is 2.30. The average molecular weight is 405 g/mol. The van der Waals surface area contributed by atoms with Gasteiger partial charge in [0.15, 0.2) is 0 Å². The standard InChI is InChI=1S/C20H27N3O6/c1-20(2,3)29-19(27)22-11-10-16(24)21(4)18(26)23(13-12-22)15-8-6-14(7-9-15)17(25)28-5/h6-9H,10-13H2,1-5H3. The van der Waals surface area contributed by atoms with Crippen molar-refractivity contribution in [3.63, 3.8) is 0 Å². The van der Waals surface area contributed by atoms with Crippen LogP contribution in [0.3, 0.4) is 0 Å². The number of rotatable bonds is 2. The molecule has 0 atom stereocenters. The number of benzene rings is 1. The molecule has 0 radical (unpaired) electrons. The number of esters is 1. The van der Waals surface area contributed by atoms with Crippen molar-refractivity contribution in [1.82, 2.24) is 9.80 Å². The molecule has 1 heterocycles. The van der Waals surface area contributed by atoms with E-state index in [9.17, 15) is 19.2 Å². The van der Waals surface area contributed by atoms with Gasteiger partial charge in [-0.15, -0.1) is 0 Å². The van der Waals surface area contributed by atoms with Gasteiger partial charge < -0.3 is 14.4 Å². The first-order valence-corrected chi connectivity index (χ1v) is 9.28. The van der Waals surface area contributed by atoms with E-state index in [1.807, 2.05) is 0 Å². The quantitative estimate of drug-likeness (QED) is 0.702. The van der Waals surface area contributed by atoms with Gasteiger partial charge in [0.05, 0.1) is 12.7 Å². The third kappa shape index (κ3) is 5.69. The molecule has 9 nitrogen and oxygen atoms in total. The van der Waals surface area contributed by atoms with Crippen molar-refractivity contribution < 1.29 is 28.7 Å². The number of hydrogen-bond acceptors (Lipinski definition) is 6. The van der Waals surface area contributed by atoms with Gasteiger partial charge in [0.1, 0.15) is 5.60 Å². The van der Waals surface area contributed by atoms with E-state index in [1.165, 1.54) is 36.1 Å². The maximum absolute atomic E-state index is 12.8. The van der Waals surface area contributed by atoms with Crippen LogP contribution < -0.4 is 4.90 Å².